The van der Waals surface area contributed by atoms with Crippen LogP contribution in [0.25, 0.3) is 75.5 Å². The molecule has 2 heterocycles. The van der Waals surface area contributed by atoms with E-state index in [-0.39, 0.29) is 0 Å². The second-order valence-corrected chi connectivity index (χ2v) is 11.4. The van der Waals surface area contributed by atoms with E-state index in [1.54, 1.807) is 0 Å². The van der Waals surface area contributed by atoms with Gasteiger partial charge in [-0.1, -0.05) is 127 Å². The molecule has 2 heteroatoms. The van der Waals surface area contributed by atoms with Crippen LogP contribution in [0.4, 0.5) is 0 Å². The van der Waals surface area contributed by atoms with Gasteiger partial charge in [-0.25, -0.2) is 0 Å². The fraction of sp³-hybridized carbons (Fsp3) is 0. The summed E-state index contributed by atoms with van der Waals surface area (Å²) in [4.78, 5) is 4.27. The molecule has 0 aliphatic rings. The Hall–Kier alpha value is -5.05. The van der Waals surface area contributed by atoms with Crippen LogP contribution in [0.15, 0.2) is 152 Å². The zero-order valence-electron chi connectivity index (χ0n) is 22.3. The highest BCUT2D eigenvalue weighted by Crippen LogP contribution is 2.44. The van der Waals surface area contributed by atoms with E-state index in [0.717, 1.165) is 5.56 Å². The standard InChI is InChI=1S/C39H25NS/c1-2-7-31-24-32(22-17-26(31)6-1)27-13-18-29(19-14-27)34-9-3-11-36-37-12-4-10-35(39(37)41-38(34)36)30-20-15-28(16-21-30)33-8-5-23-40-25-33/h1-25H. The van der Waals surface area contributed by atoms with Gasteiger partial charge in [0.15, 0.2) is 0 Å². The Morgan fingerprint density at radius 1 is 0.390 bits per heavy atom. The van der Waals surface area contributed by atoms with Crippen molar-refractivity contribution in [3.63, 3.8) is 0 Å². The van der Waals surface area contributed by atoms with Gasteiger partial charge in [-0.3, -0.25) is 4.98 Å². The van der Waals surface area contributed by atoms with E-state index in [1.807, 2.05) is 29.8 Å². The third kappa shape index (κ3) is 4.21. The average molecular weight is 540 g/mol. The van der Waals surface area contributed by atoms with Crippen molar-refractivity contribution in [2.45, 2.75) is 0 Å². The average Bonchev–Trinajstić information content (AvgIpc) is 3.44. The van der Waals surface area contributed by atoms with Crippen molar-refractivity contribution in [3.05, 3.63) is 152 Å². The number of fused-ring (bicyclic) bond motifs is 4. The zero-order chi connectivity index (χ0) is 27.2. The van der Waals surface area contributed by atoms with Crippen molar-refractivity contribution < 1.29 is 0 Å². The molecule has 0 radical (unpaired) electrons. The number of hydrogen-bond acceptors (Lipinski definition) is 2. The molecule has 0 saturated carbocycles. The Bertz CT molecular complexity index is 2170. The summed E-state index contributed by atoms with van der Waals surface area (Å²) in [6, 6.07) is 50.6. The maximum absolute atomic E-state index is 4.27. The molecule has 41 heavy (non-hydrogen) atoms. The van der Waals surface area contributed by atoms with E-state index in [0.29, 0.717) is 0 Å². The minimum absolute atomic E-state index is 1.13. The Morgan fingerprint density at radius 2 is 0.951 bits per heavy atom. The lowest BCUT2D eigenvalue weighted by Crippen LogP contribution is -1.82. The van der Waals surface area contributed by atoms with E-state index >= 15 is 0 Å². The fourth-order valence-electron chi connectivity index (χ4n) is 5.86. The first-order valence-electron chi connectivity index (χ1n) is 13.9. The SMILES string of the molecule is c1cncc(-c2ccc(-c3cccc4c3sc3c(-c5ccc(-c6ccc7ccccc7c6)cc5)cccc34)cc2)c1. The van der Waals surface area contributed by atoms with Gasteiger partial charge in [0.25, 0.3) is 0 Å². The van der Waals surface area contributed by atoms with Crippen molar-refractivity contribution in [1.82, 2.24) is 4.98 Å². The summed E-state index contributed by atoms with van der Waals surface area (Å²) >= 11 is 1.90. The van der Waals surface area contributed by atoms with Gasteiger partial charge < -0.3 is 0 Å². The van der Waals surface area contributed by atoms with Crippen LogP contribution in [0.5, 0.6) is 0 Å². The Morgan fingerprint density at radius 3 is 1.56 bits per heavy atom. The van der Waals surface area contributed by atoms with E-state index < -0.39 is 0 Å². The highest BCUT2D eigenvalue weighted by molar-refractivity contribution is 7.26. The van der Waals surface area contributed by atoms with Gasteiger partial charge in [-0.2, -0.15) is 0 Å². The first-order valence-corrected chi connectivity index (χ1v) is 14.7. The summed E-state index contributed by atoms with van der Waals surface area (Å²) in [5, 5.41) is 5.17. The summed E-state index contributed by atoms with van der Waals surface area (Å²) < 4.78 is 2.66. The number of pyridine rings is 1. The van der Waals surface area contributed by atoms with Crippen LogP contribution in [0.3, 0.4) is 0 Å². The third-order valence-corrected chi connectivity index (χ3v) is 9.28. The summed E-state index contributed by atoms with van der Waals surface area (Å²) in [5.74, 6) is 0. The quantitative estimate of drug-likeness (QED) is 0.217. The maximum Gasteiger partial charge on any atom is 0.0434 e. The summed E-state index contributed by atoms with van der Waals surface area (Å²) in [5.41, 5.74) is 9.83. The topological polar surface area (TPSA) is 12.9 Å². The van der Waals surface area contributed by atoms with Crippen molar-refractivity contribution in [2.24, 2.45) is 0 Å². The monoisotopic (exact) mass is 539 g/mol. The lowest BCUT2D eigenvalue weighted by molar-refractivity contribution is 1.33. The molecule has 8 rings (SSSR count). The number of aromatic nitrogens is 1. The van der Waals surface area contributed by atoms with Crippen molar-refractivity contribution in [1.29, 1.82) is 0 Å². The molecule has 8 aromatic rings. The van der Waals surface area contributed by atoms with Gasteiger partial charge in [0.1, 0.15) is 0 Å². The smallest absolute Gasteiger partial charge is 0.0434 e. The van der Waals surface area contributed by atoms with E-state index in [1.165, 1.54) is 69.9 Å². The third-order valence-electron chi connectivity index (χ3n) is 7.99. The number of nitrogens with zero attached hydrogens (tertiary/aromatic N) is 1. The molecule has 0 aliphatic heterocycles. The Labute approximate surface area is 243 Å². The first-order chi connectivity index (χ1) is 20.3. The molecule has 6 aromatic carbocycles. The van der Waals surface area contributed by atoms with E-state index in [4.69, 9.17) is 0 Å². The predicted molar refractivity (Wildman–Crippen MR) is 176 cm³/mol. The van der Waals surface area contributed by atoms with Gasteiger partial charge in [0.2, 0.25) is 0 Å². The number of thiophene rings is 1. The summed E-state index contributed by atoms with van der Waals surface area (Å²) in [6.07, 6.45) is 3.73. The molecule has 0 amide bonds. The number of hydrogen-bond donors (Lipinski definition) is 0. The molecule has 0 fully saturated rings. The van der Waals surface area contributed by atoms with Gasteiger partial charge in [-0.15, -0.1) is 11.3 Å². The second kappa shape index (κ2) is 9.85. The molecular formula is C39H25NS. The summed E-state index contributed by atoms with van der Waals surface area (Å²) in [6.45, 7) is 0. The van der Waals surface area contributed by atoms with Crippen LogP contribution < -0.4 is 0 Å². The van der Waals surface area contributed by atoms with Crippen LogP contribution >= 0.6 is 11.3 Å². The van der Waals surface area contributed by atoms with Crippen LogP contribution in [-0.4, -0.2) is 4.98 Å². The molecule has 0 spiro atoms. The van der Waals surface area contributed by atoms with Gasteiger partial charge >= 0.3 is 0 Å². The van der Waals surface area contributed by atoms with E-state index in [9.17, 15) is 0 Å². The van der Waals surface area contributed by atoms with Crippen molar-refractivity contribution in [3.8, 4) is 44.5 Å². The minimum Gasteiger partial charge on any atom is -0.264 e. The highest BCUT2D eigenvalue weighted by atomic mass is 32.1. The number of benzene rings is 6. The highest BCUT2D eigenvalue weighted by Gasteiger charge is 2.14. The second-order valence-electron chi connectivity index (χ2n) is 10.4. The van der Waals surface area contributed by atoms with Crippen molar-refractivity contribution in [2.75, 3.05) is 0 Å². The van der Waals surface area contributed by atoms with Crippen LogP contribution in [0.1, 0.15) is 0 Å². The van der Waals surface area contributed by atoms with Gasteiger partial charge in [0.05, 0.1) is 0 Å². The molecule has 2 aromatic heterocycles. The lowest BCUT2D eigenvalue weighted by Gasteiger charge is -2.07. The Balaban J connectivity index is 1.19. The van der Waals surface area contributed by atoms with Gasteiger partial charge in [0, 0.05) is 32.6 Å². The van der Waals surface area contributed by atoms with Crippen LogP contribution in [0.2, 0.25) is 0 Å². The van der Waals surface area contributed by atoms with Crippen LogP contribution in [0, 0.1) is 0 Å². The molecule has 0 saturated heterocycles. The molecule has 1 nitrogen and oxygen atoms in total. The van der Waals surface area contributed by atoms with E-state index in [2.05, 4.69) is 138 Å². The van der Waals surface area contributed by atoms with Gasteiger partial charge in [-0.05, 0) is 67.4 Å². The molecular weight excluding hydrogens is 515 g/mol. The lowest BCUT2D eigenvalue weighted by atomic mass is 9.97. The number of rotatable bonds is 4. The molecule has 192 valence electrons. The minimum atomic E-state index is 1.13. The molecule has 0 aliphatic carbocycles. The first kappa shape index (κ1) is 23.8. The normalized spacial score (nSPS) is 11.4. The van der Waals surface area contributed by atoms with Crippen molar-refractivity contribution >= 4 is 42.3 Å². The molecule has 0 atom stereocenters. The molecule has 0 bridgehead atoms. The predicted octanol–water partition coefficient (Wildman–Crippen LogP) is 11.3. The van der Waals surface area contributed by atoms with Crippen LogP contribution in [-0.2, 0) is 0 Å². The molecule has 0 N–H and O–H groups in total. The molecule has 0 unspecified atom stereocenters. The largest absolute Gasteiger partial charge is 0.264 e. The Kier molecular flexibility index (Phi) is 5.72. The maximum atomic E-state index is 4.27. The summed E-state index contributed by atoms with van der Waals surface area (Å²) in [7, 11) is 0. The zero-order valence-corrected chi connectivity index (χ0v) is 23.1. The fourth-order valence-corrected chi connectivity index (χ4v) is 7.23.